The first-order chi connectivity index (χ1) is 7.92. The van der Waals surface area contributed by atoms with Crippen LogP contribution in [-0.2, 0) is 11.8 Å². The Morgan fingerprint density at radius 1 is 1.35 bits per heavy atom. The second kappa shape index (κ2) is 4.11. The van der Waals surface area contributed by atoms with Gasteiger partial charge in [-0.25, -0.2) is 0 Å². The Balaban J connectivity index is 2.48. The molecule has 17 heavy (non-hydrogen) atoms. The summed E-state index contributed by atoms with van der Waals surface area (Å²) >= 11 is 0. The Labute approximate surface area is 104 Å². The maximum Gasteiger partial charge on any atom is 0.0697 e. The highest BCUT2D eigenvalue weighted by atomic mass is 16.3. The van der Waals surface area contributed by atoms with Crippen LogP contribution in [0.1, 0.15) is 38.3 Å². The van der Waals surface area contributed by atoms with E-state index in [1.54, 1.807) is 0 Å². The summed E-state index contributed by atoms with van der Waals surface area (Å²) in [6.07, 6.45) is 1.59. The number of nitrogens with two attached hydrogens (primary N) is 1. The van der Waals surface area contributed by atoms with E-state index in [-0.39, 0.29) is 10.8 Å². The van der Waals surface area contributed by atoms with Crippen molar-refractivity contribution in [2.24, 2.45) is 11.1 Å². The fourth-order valence-corrected chi connectivity index (χ4v) is 3.15. The summed E-state index contributed by atoms with van der Waals surface area (Å²) in [4.78, 5) is 0. The third-order valence-electron chi connectivity index (χ3n) is 4.10. The van der Waals surface area contributed by atoms with Gasteiger partial charge < -0.3 is 10.8 Å². The molecule has 3 N–H and O–H groups in total. The number of benzene rings is 1. The number of hydrogen-bond acceptors (Lipinski definition) is 2. The van der Waals surface area contributed by atoms with E-state index in [0.717, 1.165) is 12.8 Å². The first-order valence-corrected chi connectivity index (χ1v) is 6.38. The molecule has 1 aromatic carbocycles. The first-order valence-electron chi connectivity index (χ1n) is 6.38. The van der Waals surface area contributed by atoms with Gasteiger partial charge in [0.15, 0.2) is 0 Å². The molecule has 2 atom stereocenters. The van der Waals surface area contributed by atoms with Crippen molar-refractivity contribution < 1.29 is 5.11 Å². The number of hydrogen-bond donors (Lipinski definition) is 2. The zero-order chi connectivity index (χ0) is 12.7. The summed E-state index contributed by atoms with van der Waals surface area (Å²) in [5, 5.41) is 10.7. The van der Waals surface area contributed by atoms with E-state index in [9.17, 15) is 5.11 Å². The monoisotopic (exact) mass is 233 g/mol. The molecular weight excluding hydrogens is 210 g/mol. The highest BCUT2D eigenvalue weighted by Gasteiger charge is 2.47. The van der Waals surface area contributed by atoms with E-state index in [1.165, 1.54) is 11.1 Å². The average molecular weight is 233 g/mol. The molecule has 0 bridgehead atoms. The normalized spacial score (nSPS) is 25.7. The lowest BCUT2D eigenvalue weighted by Crippen LogP contribution is -2.50. The Morgan fingerprint density at radius 2 is 2.00 bits per heavy atom. The maximum absolute atomic E-state index is 10.7. The lowest BCUT2D eigenvalue weighted by Gasteiger charge is -2.41. The Morgan fingerprint density at radius 3 is 2.59 bits per heavy atom. The van der Waals surface area contributed by atoms with E-state index in [4.69, 9.17) is 5.73 Å². The SMILES string of the molecule is CC(C)(C)C(O)C1(CN)CCc2ccccc21. The largest absolute Gasteiger partial charge is 0.392 e. The molecule has 2 unspecified atom stereocenters. The van der Waals surface area contributed by atoms with Gasteiger partial charge in [-0.1, -0.05) is 45.0 Å². The molecule has 0 aromatic heterocycles. The van der Waals surface area contributed by atoms with E-state index in [0.29, 0.717) is 6.54 Å². The number of aliphatic hydroxyl groups excluding tert-OH is 1. The van der Waals surface area contributed by atoms with Gasteiger partial charge in [0, 0.05) is 12.0 Å². The van der Waals surface area contributed by atoms with Gasteiger partial charge in [0.25, 0.3) is 0 Å². The number of aliphatic hydroxyl groups is 1. The molecule has 2 heteroatoms. The third kappa shape index (κ3) is 1.90. The summed E-state index contributed by atoms with van der Waals surface area (Å²) in [6, 6.07) is 8.39. The fourth-order valence-electron chi connectivity index (χ4n) is 3.15. The van der Waals surface area contributed by atoms with Crippen molar-refractivity contribution in [3.63, 3.8) is 0 Å². The molecule has 94 valence electrons. The van der Waals surface area contributed by atoms with Crippen LogP contribution in [0.25, 0.3) is 0 Å². The van der Waals surface area contributed by atoms with Gasteiger partial charge in [-0.15, -0.1) is 0 Å². The topological polar surface area (TPSA) is 46.2 Å². The van der Waals surface area contributed by atoms with Crippen molar-refractivity contribution >= 4 is 0 Å². The zero-order valence-electron chi connectivity index (χ0n) is 11.0. The molecule has 0 fully saturated rings. The predicted molar refractivity (Wildman–Crippen MR) is 71.0 cm³/mol. The van der Waals surface area contributed by atoms with Crippen molar-refractivity contribution in [2.45, 2.75) is 45.1 Å². The molecule has 0 saturated carbocycles. The molecule has 2 nitrogen and oxygen atoms in total. The molecule has 0 amide bonds. The summed E-state index contributed by atoms with van der Waals surface area (Å²) in [6.45, 7) is 6.75. The summed E-state index contributed by atoms with van der Waals surface area (Å²) in [5.41, 5.74) is 8.23. The minimum Gasteiger partial charge on any atom is -0.392 e. The Bertz CT molecular complexity index is 408. The number of fused-ring (bicyclic) bond motifs is 1. The summed E-state index contributed by atoms with van der Waals surface area (Å²) < 4.78 is 0. The van der Waals surface area contributed by atoms with E-state index in [1.807, 2.05) is 6.07 Å². The van der Waals surface area contributed by atoms with Crippen LogP contribution in [0.3, 0.4) is 0 Å². The van der Waals surface area contributed by atoms with Crippen LogP contribution in [0, 0.1) is 5.41 Å². The van der Waals surface area contributed by atoms with Gasteiger partial charge in [0.2, 0.25) is 0 Å². The van der Waals surface area contributed by atoms with Crippen molar-refractivity contribution in [3.05, 3.63) is 35.4 Å². The third-order valence-corrected chi connectivity index (χ3v) is 4.10. The molecular formula is C15H23NO. The highest BCUT2D eigenvalue weighted by Crippen LogP contribution is 2.45. The van der Waals surface area contributed by atoms with Gasteiger partial charge >= 0.3 is 0 Å². The van der Waals surface area contributed by atoms with Crippen LogP contribution >= 0.6 is 0 Å². The van der Waals surface area contributed by atoms with Gasteiger partial charge in [-0.3, -0.25) is 0 Å². The van der Waals surface area contributed by atoms with Gasteiger partial charge in [-0.05, 0) is 29.4 Å². The second-order valence-electron chi connectivity index (χ2n) is 6.29. The van der Waals surface area contributed by atoms with Crippen LogP contribution in [0.5, 0.6) is 0 Å². The first kappa shape index (κ1) is 12.6. The lowest BCUT2D eigenvalue weighted by molar-refractivity contribution is -0.00526. The van der Waals surface area contributed by atoms with Gasteiger partial charge in [-0.2, -0.15) is 0 Å². The van der Waals surface area contributed by atoms with Gasteiger partial charge in [0.1, 0.15) is 0 Å². The molecule has 1 aliphatic carbocycles. The van der Waals surface area contributed by atoms with E-state index in [2.05, 4.69) is 39.0 Å². The molecule has 0 aliphatic heterocycles. The standard InChI is InChI=1S/C15H23NO/c1-14(2,3)13(17)15(10-16)9-8-11-6-4-5-7-12(11)15/h4-7,13,17H,8-10,16H2,1-3H3. The minimum atomic E-state index is -0.399. The van der Waals surface area contributed by atoms with Crippen molar-refractivity contribution in [3.8, 4) is 0 Å². The van der Waals surface area contributed by atoms with Crippen molar-refractivity contribution in [1.82, 2.24) is 0 Å². The van der Waals surface area contributed by atoms with Crippen molar-refractivity contribution in [1.29, 1.82) is 0 Å². The lowest BCUT2D eigenvalue weighted by atomic mass is 9.67. The van der Waals surface area contributed by atoms with Crippen LogP contribution in [0.2, 0.25) is 0 Å². The van der Waals surface area contributed by atoms with Crippen LogP contribution < -0.4 is 5.73 Å². The second-order valence-corrected chi connectivity index (χ2v) is 6.29. The van der Waals surface area contributed by atoms with Gasteiger partial charge in [0.05, 0.1) is 6.10 Å². The Hall–Kier alpha value is -0.860. The molecule has 0 heterocycles. The molecule has 0 spiro atoms. The minimum absolute atomic E-state index is 0.142. The molecule has 0 saturated heterocycles. The molecule has 1 aliphatic rings. The number of aryl methyl sites for hydroxylation is 1. The quantitative estimate of drug-likeness (QED) is 0.823. The van der Waals surface area contributed by atoms with Crippen LogP contribution in [-0.4, -0.2) is 17.8 Å². The molecule has 2 rings (SSSR count). The maximum atomic E-state index is 10.7. The summed E-state index contributed by atoms with van der Waals surface area (Å²) in [7, 11) is 0. The molecule has 0 radical (unpaired) electrons. The van der Waals surface area contributed by atoms with Crippen LogP contribution in [0.4, 0.5) is 0 Å². The smallest absolute Gasteiger partial charge is 0.0697 e. The van der Waals surface area contributed by atoms with Crippen LogP contribution in [0.15, 0.2) is 24.3 Å². The van der Waals surface area contributed by atoms with E-state index < -0.39 is 6.10 Å². The zero-order valence-corrected chi connectivity index (χ0v) is 11.0. The fraction of sp³-hybridized carbons (Fsp3) is 0.600. The predicted octanol–water partition coefficient (Wildman–Crippen LogP) is 2.24. The number of rotatable bonds is 2. The summed E-state index contributed by atoms with van der Waals surface area (Å²) in [5.74, 6) is 0. The van der Waals surface area contributed by atoms with Crippen molar-refractivity contribution in [2.75, 3.05) is 6.54 Å². The highest BCUT2D eigenvalue weighted by molar-refractivity contribution is 5.41. The Kier molecular flexibility index (Phi) is 3.04. The van der Waals surface area contributed by atoms with E-state index >= 15 is 0 Å². The average Bonchev–Trinajstić information content (AvgIpc) is 2.67. The molecule has 1 aromatic rings.